The van der Waals surface area contributed by atoms with Crippen LogP contribution >= 0.6 is 0 Å². The van der Waals surface area contributed by atoms with Gasteiger partial charge < -0.3 is 88.9 Å². The SMILES string of the molecule is C=CC(C)(C)[C@@H]1OC(=O)N[C@]1(C)C(C)(C)c1ccc(OC(C)(C)C)cc1.C=CC(C)(C)[C@H]1OC(=O)N[C@]1(C)C(C)(C)c1ccc(OC(C)(C)C)cc1.C=CC[C@@H](O)[C@H](Cc1ccc(OC(C)(C)C)cc1)NC(=O)OC(C)(C)C.C=CC[C@H](O)[C@H](Cc1ccc(OC(C)(C)C)cc1)NC(=O)OC(C)(C)C.COC(=O)[C@@H](Cc1ccc(OC(C)(C)C)cc1)NC(=O)OC(C)(C)C.[HH].[HH]. The van der Waals surface area contributed by atoms with E-state index in [-0.39, 0.29) is 76.9 Å². The molecule has 724 valence electrons. The summed E-state index contributed by atoms with van der Waals surface area (Å²) in [5.74, 6) is 3.44. The van der Waals surface area contributed by atoms with Gasteiger partial charge in [-0.15, -0.1) is 26.3 Å². The maximum atomic E-state index is 12.1. The van der Waals surface area contributed by atoms with Crippen molar-refractivity contribution in [1.82, 2.24) is 26.6 Å². The van der Waals surface area contributed by atoms with Crippen LogP contribution in [0.3, 0.4) is 0 Å². The monoisotopic (exact) mass is 1800 g/mol. The maximum Gasteiger partial charge on any atom is 0.408 e. The molecule has 0 aliphatic carbocycles. The van der Waals surface area contributed by atoms with Crippen molar-refractivity contribution in [3.63, 3.8) is 0 Å². The Labute approximate surface area is 776 Å². The number of ether oxygens (including phenoxy) is 11. The summed E-state index contributed by atoms with van der Waals surface area (Å²) >= 11 is 0. The smallest absolute Gasteiger partial charge is 0.408 e. The molecule has 2 fully saturated rings. The predicted molar refractivity (Wildman–Crippen MR) is 520 cm³/mol. The first-order chi connectivity index (χ1) is 58.6. The highest BCUT2D eigenvalue weighted by Crippen LogP contribution is 2.49. The summed E-state index contributed by atoms with van der Waals surface area (Å²) in [6.45, 7) is 82.1. The normalized spacial score (nSPS) is 17.9. The van der Waals surface area contributed by atoms with Crippen LogP contribution in [0.4, 0.5) is 24.0 Å². The number of aliphatic hydroxyl groups excluding tert-OH is 2. The van der Waals surface area contributed by atoms with Crippen LogP contribution in [0, 0.1) is 10.8 Å². The summed E-state index contributed by atoms with van der Waals surface area (Å²) in [4.78, 5) is 72.3. The van der Waals surface area contributed by atoms with Gasteiger partial charge in [0.2, 0.25) is 0 Å². The van der Waals surface area contributed by atoms with Gasteiger partial charge in [0.1, 0.15) is 91.8 Å². The van der Waals surface area contributed by atoms with Crippen LogP contribution < -0.4 is 50.3 Å². The fraction of sp³-hybridized carbons (Fsp3) is 0.581. The number of hydrogen-bond acceptors (Lipinski definition) is 19. The van der Waals surface area contributed by atoms with Crippen molar-refractivity contribution in [1.29, 1.82) is 0 Å². The number of rotatable bonds is 29. The lowest BCUT2D eigenvalue weighted by atomic mass is 9.61. The van der Waals surface area contributed by atoms with E-state index < -0.39 is 82.5 Å². The zero-order valence-corrected chi connectivity index (χ0v) is 84.6. The average molecular weight is 1800 g/mol. The molecule has 2 aliphatic heterocycles. The molecular weight excluding hydrogens is 1640 g/mol. The number of nitrogens with one attached hydrogen (secondary N) is 5. The highest BCUT2D eigenvalue weighted by atomic mass is 16.6. The summed E-state index contributed by atoms with van der Waals surface area (Å²) in [5.41, 5.74) is -0.709. The van der Waals surface area contributed by atoms with Crippen molar-refractivity contribution < 1.29 is 93.9 Å². The largest absolute Gasteiger partial charge is 0.488 e. The van der Waals surface area contributed by atoms with E-state index in [9.17, 15) is 39.0 Å². The molecule has 7 rings (SSSR count). The topological polar surface area (TPSA) is 305 Å². The van der Waals surface area contributed by atoms with Crippen LogP contribution in [0.5, 0.6) is 28.7 Å². The minimum Gasteiger partial charge on any atom is -0.488 e. The first-order valence-electron chi connectivity index (χ1n) is 44.5. The van der Waals surface area contributed by atoms with E-state index in [1.807, 2.05) is 255 Å². The van der Waals surface area contributed by atoms with Crippen LogP contribution in [-0.4, -0.2) is 152 Å². The van der Waals surface area contributed by atoms with E-state index >= 15 is 0 Å². The second-order valence-corrected chi connectivity index (χ2v) is 43.6. The molecule has 0 aromatic heterocycles. The van der Waals surface area contributed by atoms with Gasteiger partial charge in [-0.2, -0.15) is 0 Å². The lowest BCUT2D eigenvalue weighted by molar-refractivity contribution is -0.143. The van der Waals surface area contributed by atoms with Gasteiger partial charge >= 0.3 is 36.4 Å². The lowest BCUT2D eigenvalue weighted by Gasteiger charge is -2.47. The second-order valence-electron chi connectivity index (χ2n) is 43.6. The number of hydrogen-bond donors (Lipinski definition) is 7. The van der Waals surface area contributed by atoms with E-state index in [0.29, 0.717) is 32.1 Å². The van der Waals surface area contributed by atoms with Crippen molar-refractivity contribution >= 4 is 36.4 Å². The van der Waals surface area contributed by atoms with Crippen LogP contribution in [0.2, 0.25) is 0 Å². The molecule has 0 spiro atoms. The second kappa shape index (κ2) is 45.6. The Morgan fingerprint density at radius 1 is 0.388 bits per heavy atom. The third kappa shape index (κ3) is 38.8. The van der Waals surface area contributed by atoms with Gasteiger partial charge in [-0.1, -0.05) is 140 Å². The average Bonchev–Trinajstić information content (AvgIpc) is 1.60. The lowest BCUT2D eigenvalue weighted by Crippen LogP contribution is -2.62. The molecular formula is C105H165N5O19. The van der Waals surface area contributed by atoms with Crippen molar-refractivity contribution in [2.24, 2.45) is 10.8 Å². The molecule has 2 heterocycles. The third-order valence-electron chi connectivity index (χ3n) is 20.9. The maximum absolute atomic E-state index is 12.1. The van der Waals surface area contributed by atoms with Gasteiger partial charge in [0, 0.05) is 30.9 Å². The molecule has 7 N–H and O–H groups in total. The van der Waals surface area contributed by atoms with Crippen molar-refractivity contribution in [3.05, 3.63) is 200 Å². The van der Waals surface area contributed by atoms with E-state index in [1.165, 1.54) is 7.11 Å². The molecule has 2 saturated heterocycles. The molecule has 129 heavy (non-hydrogen) atoms. The van der Waals surface area contributed by atoms with Gasteiger partial charge in [-0.25, -0.2) is 28.8 Å². The summed E-state index contributed by atoms with van der Waals surface area (Å²) in [6, 6.07) is 37.1. The molecule has 9 atom stereocenters. The van der Waals surface area contributed by atoms with Crippen molar-refractivity contribution in [2.75, 3.05) is 7.11 Å². The summed E-state index contributed by atoms with van der Waals surface area (Å²) in [6.07, 6.45) is 4.32. The minimum atomic E-state index is -0.825. The van der Waals surface area contributed by atoms with Crippen LogP contribution in [-0.2, 0) is 63.3 Å². The van der Waals surface area contributed by atoms with Crippen molar-refractivity contribution in [2.45, 2.75) is 377 Å². The number of aliphatic hydroxyl groups is 2. The van der Waals surface area contributed by atoms with E-state index in [2.05, 4.69) is 105 Å². The molecule has 0 radical (unpaired) electrons. The molecule has 24 heteroatoms. The van der Waals surface area contributed by atoms with Crippen LogP contribution in [0.1, 0.15) is 279 Å². The molecule has 24 nitrogen and oxygen atoms in total. The van der Waals surface area contributed by atoms with Gasteiger partial charge in [0.05, 0.1) is 42.5 Å². The highest BCUT2D eigenvalue weighted by Gasteiger charge is 2.61. The molecule has 0 unspecified atom stereocenters. The summed E-state index contributed by atoms with van der Waals surface area (Å²) in [5, 5.41) is 35.0. The Balaban J connectivity index is 0.000000816. The minimum absolute atomic E-state index is 0. The Kier molecular flexibility index (Phi) is 39.9. The summed E-state index contributed by atoms with van der Waals surface area (Å²) < 4.78 is 61.2. The molecule has 0 bridgehead atoms. The zero-order valence-electron chi connectivity index (χ0n) is 84.6. The highest BCUT2D eigenvalue weighted by molar-refractivity contribution is 5.82. The van der Waals surface area contributed by atoms with E-state index in [4.69, 9.17) is 52.1 Å². The number of esters is 1. The number of benzene rings is 5. The number of methoxy groups -OCH3 is 1. The standard InChI is InChI=1S/2C22H33NO3.2C21H33NO4.C19H29NO5.2H2/c2*1-10-20(5,6)17-22(9,23-18(24)25-17)21(7,8)15-11-13-16(14-12-15)26-19(2,3)4;2*1-8-9-18(23)17(22-19(24)26-21(5,6)7)14-15-10-12-16(13-11-15)25-20(2,3)4;1-18(2,3)24-14-10-8-13(9-11-14)12-15(16(21)23-7)20-17(22)25-19(4,5)6;;/h2*10-14,17H,1H2,2-9H3,(H,23,24);2*8,10-13,17-18,23H,1,9,14H2,2-7H3,(H,22,24);8-11,15H,12H2,1-7H3,(H,20,22);2*1H/t17-,22+;17-,22-;17-,18+;17-,18-;15-;;/m10001../s1. The fourth-order valence-corrected chi connectivity index (χ4v) is 14.0. The quantitative estimate of drug-likeness (QED) is 0.0133. The van der Waals surface area contributed by atoms with E-state index in [0.717, 1.165) is 56.6 Å². The van der Waals surface area contributed by atoms with Gasteiger partial charge in [-0.05, 0) is 294 Å². The molecule has 5 aromatic rings. The number of amides is 5. The zero-order chi connectivity index (χ0) is 99.1. The summed E-state index contributed by atoms with van der Waals surface area (Å²) in [7, 11) is 1.28. The van der Waals surface area contributed by atoms with Crippen molar-refractivity contribution in [3.8, 4) is 28.7 Å². The van der Waals surface area contributed by atoms with E-state index in [1.54, 1.807) is 74.5 Å². The Hall–Kier alpha value is -10.2. The van der Waals surface area contributed by atoms with Gasteiger partial charge in [0.15, 0.2) is 0 Å². The van der Waals surface area contributed by atoms with Crippen LogP contribution in [0.15, 0.2) is 172 Å². The molecule has 5 aromatic carbocycles. The Bertz CT molecular complexity index is 4210. The number of carbonyl (C=O) groups is 6. The van der Waals surface area contributed by atoms with Crippen LogP contribution in [0.25, 0.3) is 0 Å². The van der Waals surface area contributed by atoms with Gasteiger partial charge in [-0.3, -0.25) is 0 Å². The molecule has 2 aliphatic rings. The molecule has 5 amide bonds. The first kappa shape index (κ1) is 113. The third-order valence-corrected chi connectivity index (χ3v) is 20.9. The number of alkyl carbamates (subject to hydrolysis) is 5. The van der Waals surface area contributed by atoms with Gasteiger partial charge in [0.25, 0.3) is 0 Å². The molecule has 0 saturated carbocycles. The fourth-order valence-electron chi connectivity index (χ4n) is 14.0. The predicted octanol–water partition coefficient (Wildman–Crippen LogP) is 22.9. The first-order valence-corrected chi connectivity index (χ1v) is 44.5. The Morgan fingerprint density at radius 2 is 0.620 bits per heavy atom. The Morgan fingerprint density at radius 3 is 0.837 bits per heavy atom. The number of cyclic esters (lactones) is 2. The number of carbonyl (C=O) groups excluding carboxylic acids is 6.